The summed E-state index contributed by atoms with van der Waals surface area (Å²) in [5.74, 6) is 0.650. The molecular formula is C42H45N5O7. The van der Waals surface area contributed by atoms with E-state index < -0.39 is 12.2 Å². The van der Waals surface area contributed by atoms with E-state index in [-0.39, 0.29) is 35.4 Å². The van der Waals surface area contributed by atoms with Gasteiger partial charge in [0.05, 0.1) is 30.1 Å². The number of nitrogens with one attached hydrogen (secondary N) is 3. The maximum Gasteiger partial charge on any atom is 0.411 e. The van der Waals surface area contributed by atoms with Gasteiger partial charge in [0.15, 0.2) is 0 Å². The lowest BCUT2D eigenvalue weighted by Gasteiger charge is -2.31. The summed E-state index contributed by atoms with van der Waals surface area (Å²) in [5, 5.41) is 28.0. The Morgan fingerprint density at radius 3 is 2.54 bits per heavy atom. The molecule has 1 atom stereocenters. The Bertz CT molecular complexity index is 2180. The van der Waals surface area contributed by atoms with Crippen molar-refractivity contribution < 1.29 is 29.3 Å². The van der Waals surface area contributed by atoms with Gasteiger partial charge in [-0.3, -0.25) is 14.9 Å². The number of piperidine rings is 1. The lowest BCUT2D eigenvalue weighted by Crippen LogP contribution is -2.40. The van der Waals surface area contributed by atoms with Crippen LogP contribution in [-0.4, -0.2) is 78.0 Å². The van der Waals surface area contributed by atoms with Gasteiger partial charge in [-0.25, -0.2) is 4.79 Å². The highest BCUT2D eigenvalue weighted by atomic mass is 16.6. The number of aromatic hydroxyl groups is 1. The molecular weight excluding hydrogens is 686 g/mol. The highest BCUT2D eigenvalue weighted by Crippen LogP contribution is 2.36. The first kappa shape index (κ1) is 36.7. The van der Waals surface area contributed by atoms with Crippen LogP contribution >= 0.6 is 0 Å². The van der Waals surface area contributed by atoms with Crippen LogP contribution in [0.5, 0.6) is 11.5 Å². The molecule has 4 aromatic carbocycles. The van der Waals surface area contributed by atoms with Gasteiger partial charge in [0.25, 0.3) is 0 Å². The first-order chi connectivity index (χ1) is 26.3. The van der Waals surface area contributed by atoms with Crippen LogP contribution in [-0.2, 0) is 22.5 Å². The molecule has 54 heavy (non-hydrogen) atoms. The Morgan fingerprint density at radius 1 is 0.963 bits per heavy atom. The molecule has 12 nitrogen and oxygen atoms in total. The minimum atomic E-state index is -0.890. The summed E-state index contributed by atoms with van der Waals surface area (Å²) in [6.45, 7) is 3.36. The quantitative estimate of drug-likeness (QED) is 0.108. The standard InChI is InChI=1S/C42H45N5O7/c1-53-38-24-35-28(23-29(38)25-43-26-37(49)32-11-13-36(48)41-33(32)12-14-39(50)45-41)15-22-47(35)40(51)18-21-46-19-16-30(17-20-46)54-42(52)44-34-10-6-5-9-31(34)27-7-3-2-4-8-27/h2-14,23-24,30,37,43,48-49H,15-22,25-26H2,1H3,(H,44,52)(H,45,50). The predicted octanol–water partition coefficient (Wildman–Crippen LogP) is 5.72. The van der Waals surface area contributed by atoms with E-state index in [0.29, 0.717) is 61.3 Å². The molecule has 0 aliphatic carbocycles. The number of anilines is 2. The second-order valence-electron chi connectivity index (χ2n) is 13.8. The minimum absolute atomic E-state index is 0.0575. The highest BCUT2D eigenvalue weighted by molar-refractivity contribution is 5.96. The largest absolute Gasteiger partial charge is 0.506 e. The van der Waals surface area contributed by atoms with E-state index in [2.05, 4.69) is 26.6 Å². The van der Waals surface area contributed by atoms with Crippen molar-refractivity contribution in [2.75, 3.05) is 50.1 Å². The van der Waals surface area contributed by atoms with Gasteiger partial charge >= 0.3 is 6.09 Å². The third kappa shape index (κ3) is 8.26. The number of aliphatic hydroxyl groups excluding tert-OH is 1. The molecule has 5 aromatic rings. The zero-order chi connectivity index (χ0) is 37.6. The van der Waals surface area contributed by atoms with Crippen molar-refractivity contribution in [2.24, 2.45) is 0 Å². The van der Waals surface area contributed by atoms with Gasteiger partial charge in [0.1, 0.15) is 17.6 Å². The van der Waals surface area contributed by atoms with E-state index in [1.54, 1.807) is 19.2 Å². The summed E-state index contributed by atoms with van der Waals surface area (Å²) in [7, 11) is 1.60. The number of hydrogen-bond donors (Lipinski definition) is 5. The van der Waals surface area contributed by atoms with Crippen LogP contribution < -0.4 is 25.8 Å². The van der Waals surface area contributed by atoms with Crippen LogP contribution in [0.15, 0.2) is 95.8 Å². The molecule has 3 heterocycles. The maximum absolute atomic E-state index is 13.5. The summed E-state index contributed by atoms with van der Waals surface area (Å²) in [4.78, 5) is 44.8. The Balaban J connectivity index is 0.878. The molecule has 1 aromatic heterocycles. The highest BCUT2D eigenvalue weighted by Gasteiger charge is 2.28. The van der Waals surface area contributed by atoms with Gasteiger partial charge in [-0.15, -0.1) is 0 Å². The fraction of sp³-hybridized carbons (Fsp3) is 0.310. The molecule has 5 N–H and O–H groups in total. The number of aliphatic hydroxyl groups is 1. The van der Waals surface area contributed by atoms with Crippen molar-refractivity contribution in [3.63, 3.8) is 0 Å². The number of amides is 2. The minimum Gasteiger partial charge on any atom is -0.506 e. The molecule has 2 aliphatic rings. The number of phenols is 1. The van der Waals surface area contributed by atoms with Crippen LogP contribution in [0.3, 0.4) is 0 Å². The first-order valence-corrected chi connectivity index (χ1v) is 18.4. The number of carbonyl (C=O) groups is 2. The number of methoxy groups -OCH3 is 1. The van der Waals surface area contributed by atoms with E-state index in [4.69, 9.17) is 9.47 Å². The number of benzene rings is 4. The van der Waals surface area contributed by atoms with E-state index in [0.717, 1.165) is 47.5 Å². The fourth-order valence-corrected chi connectivity index (χ4v) is 7.45. The van der Waals surface area contributed by atoms with E-state index in [1.165, 1.54) is 12.1 Å². The molecule has 0 bridgehead atoms. The van der Waals surface area contributed by atoms with Gasteiger partial charge in [-0.05, 0) is 60.2 Å². The van der Waals surface area contributed by atoms with Gasteiger partial charge in [-0.2, -0.15) is 0 Å². The summed E-state index contributed by atoms with van der Waals surface area (Å²) < 4.78 is 11.5. The molecule has 280 valence electrons. The average molecular weight is 732 g/mol. The normalized spacial score (nSPS) is 15.2. The third-order valence-corrected chi connectivity index (χ3v) is 10.3. The number of hydrogen-bond acceptors (Lipinski definition) is 9. The van der Waals surface area contributed by atoms with Crippen molar-refractivity contribution in [2.45, 2.75) is 44.4 Å². The molecule has 0 radical (unpaired) electrons. The summed E-state index contributed by atoms with van der Waals surface area (Å²) in [6, 6.07) is 27.6. The van der Waals surface area contributed by atoms with E-state index in [1.807, 2.05) is 65.6 Å². The number of aromatic amines is 1. The Morgan fingerprint density at radius 2 is 1.74 bits per heavy atom. The predicted molar refractivity (Wildman–Crippen MR) is 208 cm³/mol. The summed E-state index contributed by atoms with van der Waals surface area (Å²) in [5.41, 5.74) is 6.03. The second-order valence-corrected chi connectivity index (χ2v) is 13.8. The number of fused-ring (bicyclic) bond motifs is 2. The second kappa shape index (κ2) is 16.5. The van der Waals surface area contributed by atoms with Crippen LogP contribution in [0, 0.1) is 0 Å². The number of nitrogens with zero attached hydrogens (tertiary/aromatic N) is 2. The molecule has 1 fully saturated rings. The zero-order valence-corrected chi connectivity index (χ0v) is 30.2. The average Bonchev–Trinajstić information content (AvgIpc) is 3.61. The molecule has 0 saturated carbocycles. The Kier molecular flexibility index (Phi) is 11.2. The van der Waals surface area contributed by atoms with Crippen molar-refractivity contribution in [3.8, 4) is 22.6 Å². The topological polar surface area (TPSA) is 156 Å². The number of ether oxygens (including phenoxy) is 2. The Labute approximate surface area is 313 Å². The number of H-pyrrole nitrogens is 1. The number of phenolic OH excluding ortho intramolecular Hbond substituents is 1. The van der Waals surface area contributed by atoms with Gasteiger partial charge in [0.2, 0.25) is 11.5 Å². The monoisotopic (exact) mass is 731 g/mol. The van der Waals surface area contributed by atoms with Crippen molar-refractivity contribution in [1.82, 2.24) is 15.2 Å². The molecule has 0 spiro atoms. The van der Waals surface area contributed by atoms with Gasteiger partial charge in [-0.1, -0.05) is 54.6 Å². The van der Waals surface area contributed by atoms with Gasteiger partial charge < -0.3 is 39.8 Å². The molecule has 12 heteroatoms. The van der Waals surface area contributed by atoms with E-state index in [9.17, 15) is 24.6 Å². The van der Waals surface area contributed by atoms with Crippen molar-refractivity contribution in [1.29, 1.82) is 0 Å². The zero-order valence-electron chi connectivity index (χ0n) is 30.2. The lowest BCUT2D eigenvalue weighted by atomic mass is 10.0. The molecule has 1 unspecified atom stereocenters. The first-order valence-electron chi connectivity index (χ1n) is 18.4. The van der Waals surface area contributed by atoms with Gasteiger partial charge in [0, 0.05) is 74.3 Å². The van der Waals surface area contributed by atoms with E-state index >= 15 is 0 Å². The van der Waals surface area contributed by atoms with Crippen molar-refractivity contribution >= 4 is 34.3 Å². The number of pyridine rings is 1. The van der Waals surface area contributed by atoms with Crippen LogP contribution in [0.1, 0.15) is 42.1 Å². The van der Waals surface area contributed by atoms with Crippen LogP contribution in [0.25, 0.3) is 22.0 Å². The van der Waals surface area contributed by atoms with Crippen LogP contribution in [0.2, 0.25) is 0 Å². The summed E-state index contributed by atoms with van der Waals surface area (Å²) in [6.07, 6.45) is 0.972. The fourth-order valence-electron chi connectivity index (χ4n) is 7.45. The number of rotatable bonds is 12. The number of para-hydroxylation sites is 1. The molecule has 7 rings (SSSR count). The molecule has 2 amide bonds. The molecule has 1 saturated heterocycles. The lowest BCUT2D eigenvalue weighted by molar-refractivity contribution is -0.118. The SMILES string of the molecule is COc1cc2c(cc1CNCC(O)c1ccc(O)c3[nH]c(=O)ccc13)CCN2C(=O)CCN1CCC(OC(=O)Nc2ccccc2-c2ccccc2)CC1. The number of aromatic nitrogens is 1. The third-order valence-electron chi connectivity index (χ3n) is 10.3. The van der Waals surface area contributed by atoms with Crippen LogP contribution in [0.4, 0.5) is 16.2 Å². The number of likely N-dealkylation sites (tertiary alicyclic amines) is 1. The number of carbonyl (C=O) groups excluding carboxylic acids is 2. The van der Waals surface area contributed by atoms with Crippen molar-refractivity contribution in [3.05, 3.63) is 118 Å². The molecule has 2 aliphatic heterocycles. The maximum atomic E-state index is 13.5. The smallest absolute Gasteiger partial charge is 0.411 e. The Hall–Kier alpha value is -5.69. The summed E-state index contributed by atoms with van der Waals surface area (Å²) >= 11 is 0.